The maximum atomic E-state index is 13.7. The molecule has 0 atom stereocenters. The highest BCUT2D eigenvalue weighted by atomic mass is 19.1. The van der Waals surface area contributed by atoms with Crippen LogP contribution in [-0.2, 0) is 6.42 Å². The molecule has 19 heavy (non-hydrogen) atoms. The van der Waals surface area contributed by atoms with Crippen LogP contribution in [0.25, 0.3) is 0 Å². The van der Waals surface area contributed by atoms with E-state index in [-0.39, 0.29) is 5.56 Å². The lowest BCUT2D eigenvalue weighted by molar-refractivity contribution is 0.0693. The Bertz CT molecular complexity index is 654. The average molecular weight is 257 g/mol. The van der Waals surface area contributed by atoms with Crippen LogP contribution in [0.15, 0.2) is 42.5 Å². The van der Waals surface area contributed by atoms with Gasteiger partial charge in [0.2, 0.25) is 0 Å². The van der Waals surface area contributed by atoms with Crippen LogP contribution in [0.1, 0.15) is 15.9 Å². The van der Waals surface area contributed by atoms with Crippen molar-refractivity contribution in [3.63, 3.8) is 0 Å². The van der Waals surface area contributed by atoms with Crippen molar-refractivity contribution < 1.29 is 14.3 Å². The van der Waals surface area contributed by atoms with Gasteiger partial charge in [0.1, 0.15) is 11.4 Å². The summed E-state index contributed by atoms with van der Waals surface area (Å²) < 4.78 is 13.7. The molecule has 1 aliphatic rings. The van der Waals surface area contributed by atoms with E-state index < -0.39 is 11.8 Å². The summed E-state index contributed by atoms with van der Waals surface area (Å²) >= 11 is 0. The minimum Gasteiger partial charge on any atom is -0.478 e. The molecule has 0 amide bonds. The number of halogens is 1. The Balaban J connectivity index is 2.15. The third-order valence-corrected chi connectivity index (χ3v) is 3.38. The Morgan fingerprint density at radius 2 is 1.84 bits per heavy atom. The van der Waals surface area contributed by atoms with Crippen molar-refractivity contribution in [2.45, 2.75) is 6.42 Å². The highest BCUT2D eigenvalue weighted by Crippen LogP contribution is 2.36. The molecule has 0 saturated carbocycles. The minimum absolute atomic E-state index is 0.265. The number of hydrogen-bond acceptors (Lipinski definition) is 2. The molecule has 0 bridgehead atoms. The first kappa shape index (κ1) is 11.7. The largest absolute Gasteiger partial charge is 0.478 e. The topological polar surface area (TPSA) is 40.5 Å². The highest BCUT2D eigenvalue weighted by Gasteiger charge is 2.25. The normalized spacial score (nSPS) is 13.4. The van der Waals surface area contributed by atoms with Crippen molar-refractivity contribution in [3.05, 3.63) is 59.4 Å². The smallest absolute Gasteiger partial charge is 0.340 e. The van der Waals surface area contributed by atoms with Gasteiger partial charge in [0, 0.05) is 12.2 Å². The number of aromatic carboxylic acids is 1. The zero-order valence-corrected chi connectivity index (χ0v) is 10.1. The second-order valence-electron chi connectivity index (χ2n) is 4.47. The molecule has 0 spiro atoms. The molecule has 0 saturated heterocycles. The predicted molar refractivity (Wildman–Crippen MR) is 70.5 cm³/mol. The Hall–Kier alpha value is -2.36. The zero-order valence-electron chi connectivity index (χ0n) is 10.1. The summed E-state index contributed by atoms with van der Waals surface area (Å²) in [5.41, 5.74) is 2.26. The zero-order chi connectivity index (χ0) is 13.4. The molecule has 1 aliphatic heterocycles. The Morgan fingerprint density at radius 1 is 1.11 bits per heavy atom. The van der Waals surface area contributed by atoms with Crippen molar-refractivity contribution >= 4 is 17.3 Å². The van der Waals surface area contributed by atoms with E-state index in [0.29, 0.717) is 12.2 Å². The molecule has 4 heteroatoms. The molecular formula is C15H12FNO2. The number of nitrogens with zero attached hydrogens (tertiary/aromatic N) is 1. The number of carbonyl (C=O) groups is 1. The molecule has 0 radical (unpaired) electrons. The van der Waals surface area contributed by atoms with Crippen LogP contribution in [0.4, 0.5) is 15.8 Å². The van der Waals surface area contributed by atoms with E-state index in [1.165, 1.54) is 12.1 Å². The molecule has 0 aliphatic carbocycles. The number of benzene rings is 2. The van der Waals surface area contributed by atoms with Gasteiger partial charge in [-0.3, -0.25) is 0 Å². The van der Waals surface area contributed by atoms with Crippen LogP contribution in [-0.4, -0.2) is 17.6 Å². The second kappa shape index (κ2) is 4.39. The Morgan fingerprint density at radius 3 is 2.63 bits per heavy atom. The van der Waals surface area contributed by atoms with Gasteiger partial charge in [-0.2, -0.15) is 0 Å². The summed E-state index contributed by atoms with van der Waals surface area (Å²) in [6, 6.07) is 12.2. The number of anilines is 2. The summed E-state index contributed by atoms with van der Waals surface area (Å²) in [5, 5.41) is 9.19. The van der Waals surface area contributed by atoms with E-state index in [1.54, 1.807) is 6.07 Å². The molecule has 96 valence electrons. The van der Waals surface area contributed by atoms with Crippen LogP contribution in [0.3, 0.4) is 0 Å². The summed E-state index contributed by atoms with van der Waals surface area (Å²) in [5.74, 6) is -1.94. The average Bonchev–Trinajstić information content (AvgIpc) is 2.81. The van der Waals surface area contributed by atoms with Crippen LogP contribution >= 0.6 is 0 Å². The van der Waals surface area contributed by atoms with Gasteiger partial charge in [-0.25, -0.2) is 9.18 Å². The van der Waals surface area contributed by atoms with Gasteiger partial charge in [0.25, 0.3) is 0 Å². The summed E-state index contributed by atoms with van der Waals surface area (Å²) in [6.07, 6.45) is 0.839. The number of para-hydroxylation sites is 1. The summed E-state index contributed by atoms with van der Waals surface area (Å²) in [7, 11) is 0. The highest BCUT2D eigenvalue weighted by molar-refractivity contribution is 5.96. The fourth-order valence-electron chi connectivity index (χ4n) is 2.54. The molecular weight excluding hydrogens is 245 g/mol. The Labute approximate surface area is 109 Å². The number of carboxylic acids is 1. The SMILES string of the molecule is O=C(O)c1c(F)cccc1N1CCc2ccccc21. The van der Waals surface area contributed by atoms with Gasteiger partial charge in [-0.05, 0) is 30.2 Å². The van der Waals surface area contributed by atoms with Crippen molar-refractivity contribution in [1.82, 2.24) is 0 Å². The van der Waals surface area contributed by atoms with Crippen LogP contribution in [0, 0.1) is 5.82 Å². The van der Waals surface area contributed by atoms with E-state index in [9.17, 15) is 14.3 Å². The lowest BCUT2D eigenvalue weighted by Crippen LogP contribution is -2.18. The van der Waals surface area contributed by atoms with Crippen LogP contribution < -0.4 is 4.90 Å². The minimum atomic E-state index is -1.24. The molecule has 1 N–H and O–H groups in total. The number of rotatable bonds is 2. The van der Waals surface area contributed by atoms with E-state index >= 15 is 0 Å². The molecule has 0 fully saturated rings. The fourth-order valence-corrected chi connectivity index (χ4v) is 2.54. The standard InChI is InChI=1S/C15H12FNO2/c16-11-5-3-7-13(14(11)15(18)19)17-9-8-10-4-1-2-6-12(10)17/h1-7H,8-9H2,(H,18,19). The number of fused-ring (bicyclic) bond motifs is 1. The van der Waals surface area contributed by atoms with Gasteiger partial charge in [-0.15, -0.1) is 0 Å². The van der Waals surface area contributed by atoms with Crippen molar-refractivity contribution in [2.24, 2.45) is 0 Å². The Kier molecular flexibility index (Phi) is 2.71. The van der Waals surface area contributed by atoms with Crippen molar-refractivity contribution in [3.8, 4) is 0 Å². The van der Waals surface area contributed by atoms with Gasteiger partial charge in [-0.1, -0.05) is 24.3 Å². The van der Waals surface area contributed by atoms with E-state index in [0.717, 1.165) is 17.7 Å². The quantitative estimate of drug-likeness (QED) is 0.898. The molecule has 0 aromatic heterocycles. The molecule has 3 rings (SSSR count). The van der Waals surface area contributed by atoms with Gasteiger partial charge in [0.15, 0.2) is 0 Å². The second-order valence-corrected chi connectivity index (χ2v) is 4.47. The molecule has 3 nitrogen and oxygen atoms in total. The summed E-state index contributed by atoms with van der Waals surface area (Å²) in [4.78, 5) is 13.1. The molecule has 2 aromatic carbocycles. The van der Waals surface area contributed by atoms with E-state index in [2.05, 4.69) is 0 Å². The van der Waals surface area contributed by atoms with Gasteiger partial charge < -0.3 is 10.0 Å². The third kappa shape index (κ3) is 1.85. The van der Waals surface area contributed by atoms with Crippen LogP contribution in [0.5, 0.6) is 0 Å². The molecule has 0 unspecified atom stereocenters. The fraction of sp³-hybridized carbons (Fsp3) is 0.133. The molecule has 1 heterocycles. The number of carboxylic acid groups (broad SMARTS) is 1. The lowest BCUT2D eigenvalue weighted by Gasteiger charge is -2.21. The molecule has 2 aromatic rings. The predicted octanol–water partition coefficient (Wildman–Crippen LogP) is 3.22. The first-order chi connectivity index (χ1) is 9.18. The first-order valence-corrected chi connectivity index (χ1v) is 6.06. The van der Waals surface area contributed by atoms with Gasteiger partial charge in [0.05, 0.1) is 5.69 Å². The monoisotopic (exact) mass is 257 g/mol. The van der Waals surface area contributed by atoms with Gasteiger partial charge >= 0.3 is 5.97 Å². The van der Waals surface area contributed by atoms with E-state index in [4.69, 9.17) is 0 Å². The number of hydrogen-bond donors (Lipinski definition) is 1. The lowest BCUT2D eigenvalue weighted by atomic mass is 10.1. The van der Waals surface area contributed by atoms with Crippen molar-refractivity contribution in [1.29, 1.82) is 0 Å². The van der Waals surface area contributed by atoms with Crippen LogP contribution in [0.2, 0.25) is 0 Å². The first-order valence-electron chi connectivity index (χ1n) is 6.06. The maximum Gasteiger partial charge on any atom is 0.340 e. The third-order valence-electron chi connectivity index (χ3n) is 3.38. The summed E-state index contributed by atoms with van der Waals surface area (Å²) in [6.45, 7) is 0.670. The van der Waals surface area contributed by atoms with Crippen molar-refractivity contribution in [2.75, 3.05) is 11.4 Å². The van der Waals surface area contributed by atoms with E-state index in [1.807, 2.05) is 29.2 Å². The maximum absolute atomic E-state index is 13.7.